The zero-order chi connectivity index (χ0) is 34.6. The molecule has 0 aromatic heterocycles. The van der Waals surface area contributed by atoms with E-state index in [4.69, 9.17) is 14.2 Å². The largest absolute Gasteiger partial charge is 0.380 e. The van der Waals surface area contributed by atoms with Gasteiger partial charge in [0, 0.05) is 19.8 Å². The van der Waals surface area contributed by atoms with E-state index in [9.17, 15) is 0 Å². The monoisotopic (exact) mass is 672 g/mol. The van der Waals surface area contributed by atoms with Crippen LogP contribution in [0.25, 0.3) is 0 Å². The van der Waals surface area contributed by atoms with Crippen molar-refractivity contribution in [3.8, 4) is 0 Å². The lowest BCUT2D eigenvalue weighted by Crippen LogP contribution is -2.51. The van der Waals surface area contributed by atoms with Gasteiger partial charge in [-0.3, -0.25) is 0 Å². The molecule has 0 amide bonds. The van der Waals surface area contributed by atoms with Crippen molar-refractivity contribution in [2.45, 2.75) is 176 Å². The van der Waals surface area contributed by atoms with Crippen molar-refractivity contribution < 1.29 is 14.2 Å². The average molecular weight is 672 g/mol. The molecule has 4 aliphatic carbocycles. The van der Waals surface area contributed by atoms with Crippen LogP contribution in [0.15, 0.2) is 11.6 Å². The van der Waals surface area contributed by atoms with E-state index in [2.05, 4.69) is 66.6 Å². The maximum atomic E-state index is 6.55. The number of rotatable bonds is 23. The lowest BCUT2D eigenvalue weighted by molar-refractivity contribution is -0.0641. The van der Waals surface area contributed by atoms with Crippen LogP contribution in [0.1, 0.15) is 164 Å². The summed E-state index contributed by atoms with van der Waals surface area (Å²) in [6.07, 6.45) is 28.6. The number of hydrogen-bond donors (Lipinski definition) is 0. The molecule has 0 aromatic carbocycles. The Hall–Kier alpha value is -0.420. The van der Waals surface area contributed by atoms with Gasteiger partial charge in [-0.1, -0.05) is 105 Å². The number of nitrogens with zero attached hydrogens (tertiary/aromatic N) is 1. The van der Waals surface area contributed by atoms with Gasteiger partial charge in [0.15, 0.2) is 0 Å². The number of allylic oxidation sites excluding steroid dienone is 1. The normalized spacial score (nSPS) is 33.0. The van der Waals surface area contributed by atoms with E-state index in [1.54, 1.807) is 5.57 Å². The van der Waals surface area contributed by atoms with Crippen LogP contribution in [0, 0.1) is 46.3 Å². The third-order valence-electron chi connectivity index (χ3n) is 14.3. The Bertz CT molecular complexity index is 932. The first-order valence-corrected chi connectivity index (χ1v) is 21.2. The van der Waals surface area contributed by atoms with E-state index >= 15 is 0 Å². The van der Waals surface area contributed by atoms with Crippen LogP contribution < -0.4 is 0 Å². The predicted molar refractivity (Wildman–Crippen MR) is 205 cm³/mol. The summed E-state index contributed by atoms with van der Waals surface area (Å²) in [6.45, 7) is 19.2. The maximum Gasteiger partial charge on any atom is 0.0644 e. The molecule has 0 aliphatic heterocycles. The van der Waals surface area contributed by atoms with Crippen molar-refractivity contribution in [1.82, 2.24) is 4.90 Å². The maximum absolute atomic E-state index is 6.55. The molecule has 48 heavy (non-hydrogen) atoms. The van der Waals surface area contributed by atoms with E-state index < -0.39 is 0 Å². The Kier molecular flexibility index (Phi) is 16.8. The summed E-state index contributed by atoms with van der Waals surface area (Å²) in [4.78, 5) is 2.23. The molecule has 4 nitrogen and oxygen atoms in total. The van der Waals surface area contributed by atoms with Crippen molar-refractivity contribution in [3.63, 3.8) is 0 Å². The van der Waals surface area contributed by atoms with Gasteiger partial charge in [-0.05, 0) is 131 Å². The van der Waals surface area contributed by atoms with E-state index in [0.29, 0.717) is 23.0 Å². The van der Waals surface area contributed by atoms with Crippen molar-refractivity contribution in [3.05, 3.63) is 11.6 Å². The second-order valence-electron chi connectivity index (χ2n) is 18.3. The molecule has 0 unspecified atom stereocenters. The molecule has 3 fully saturated rings. The van der Waals surface area contributed by atoms with Gasteiger partial charge in [0.25, 0.3) is 0 Å². The van der Waals surface area contributed by atoms with Crippen molar-refractivity contribution in [2.75, 3.05) is 47.1 Å². The highest BCUT2D eigenvalue weighted by atomic mass is 16.5. The quantitative estimate of drug-likeness (QED) is 0.0799. The Labute approximate surface area is 299 Å². The van der Waals surface area contributed by atoms with Crippen molar-refractivity contribution >= 4 is 0 Å². The van der Waals surface area contributed by atoms with E-state index in [1.165, 1.54) is 116 Å². The van der Waals surface area contributed by atoms with Crippen molar-refractivity contribution in [1.29, 1.82) is 0 Å². The van der Waals surface area contributed by atoms with Crippen LogP contribution in [0.5, 0.6) is 0 Å². The molecule has 280 valence electrons. The molecular weight excluding hydrogens is 590 g/mol. The molecule has 0 aromatic rings. The Balaban J connectivity index is 1.09. The molecule has 4 heteroatoms. The van der Waals surface area contributed by atoms with Gasteiger partial charge in [0.1, 0.15) is 0 Å². The summed E-state index contributed by atoms with van der Waals surface area (Å²) < 4.78 is 18.4. The molecule has 3 saturated carbocycles. The third-order valence-corrected chi connectivity index (χ3v) is 14.3. The summed E-state index contributed by atoms with van der Waals surface area (Å²) in [5.41, 5.74) is 2.81. The first kappa shape index (κ1) is 40.4. The summed E-state index contributed by atoms with van der Waals surface area (Å²) >= 11 is 0. The highest BCUT2D eigenvalue weighted by Gasteiger charge is 2.59. The average Bonchev–Trinajstić information content (AvgIpc) is 3.41. The standard InChI is InChI=1S/C44H81NO3/c1-9-10-28-46-32-37(45(7)8)33-47-29-15-13-11-12-14-16-30-48-38-24-26-43(5)36(31-38)20-21-39-41-23-22-40(35(4)19-17-18-34(2)3)44(41,6)27-25-42(39)43/h20,34-35,37-42H,9-19,21-33H2,1-8H3/t35-,37+,38+,39+,40-,41+,42+,43+,44-/m1/s1. The number of fused-ring (bicyclic) bond motifs is 5. The van der Waals surface area contributed by atoms with Crippen LogP contribution in [-0.4, -0.2) is 64.2 Å². The Morgan fingerprint density at radius 2 is 1.46 bits per heavy atom. The zero-order valence-electron chi connectivity index (χ0n) is 33.3. The first-order chi connectivity index (χ1) is 23.1. The molecule has 0 heterocycles. The van der Waals surface area contributed by atoms with Crippen LogP contribution in [0.3, 0.4) is 0 Å². The Morgan fingerprint density at radius 1 is 0.771 bits per heavy atom. The van der Waals surface area contributed by atoms with Gasteiger partial charge in [-0.25, -0.2) is 0 Å². The number of likely N-dealkylation sites (N-methyl/N-ethyl adjacent to an activating group) is 1. The lowest BCUT2D eigenvalue weighted by Gasteiger charge is -2.58. The summed E-state index contributed by atoms with van der Waals surface area (Å²) in [7, 11) is 4.25. The van der Waals surface area contributed by atoms with Gasteiger partial charge in [0.2, 0.25) is 0 Å². The fourth-order valence-corrected chi connectivity index (χ4v) is 11.1. The van der Waals surface area contributed by atoms with Gasteiger partial charge >= 0.3 is 0 Å². The highest BCUT2D eigenvalue weighted by molar-refractivity contribution is 5.25. The van der Waals surface area contributed by atoms with Crippen LogP contribution >= 0.6 is 0 Å². The fraction of sp³-hybridized carbons (Fsp3) is 0.955. The first-order valence-electron chi connectivity index (χ1n) is 21.2. The topological polar surface area (TPSA) is 30.9 Å². The fourth-order valence-electron chi connectivity index (χ4n) is 11.1. The molecule has 0 spiro atoms. The minimum Gasteiger partial charge on any atom is -0.380 e. The molecule has 0 bridgehead atoms. The molecule has 4 rings (SSSR count). The molecule has 0 radical (unpaired) electrons. The summed E-state index contributed by atoms with van der Waals surface area (Å²) in [6, 6.07) is 0.354. The van der Waals surface area contributed by atoms with Gasteiger partial charge < -0.3 is 19.1 Å². The van der Waals surface area contributed by atoms with Crippen LogP contribution in [-0.2, 0) is 14.2 Å². The second-order valence-corrected chi connectivity index (χ2v) is 18.3. The molecule has 9 atom stereocenters. The lowest BCUT2D eigenvalue weighted by atomic mass is 9.47. The third kappa shape index (κ3) is 10.8. The number of ether oxygens (including phenoxy) is 3. The smallest absolute Gasteiger partial charge is 0.0644 e. The van der Waals surface area contributed by atoms with E-state index in [0.717, 1.165) is 75.0 Å². The Morgan fingerprint density at radius 3 is 2.15 bits per heavy atom. The summed E-state index contributed by atoms with van der Waals surface area (Å²) in [5.74, 6) is 5.51. The molecular formula is C44H81NO3. The summed E-state index contributed by atoms with van der Waals surface area (Å²) in [5, 5.41) is 0. The molecule has 0 saturated heterocycles. The van der Waals surface area contributed by atoms with Crippen LogP contribution in [0.2, 0.25) is 0 Å². The second kappa shape index (κ2) is 20.0. The minimum absolute atomic E-state index is 0.354. The van der Waals surface area contributed by atoms with E-state index in [-0.39, 0.29) is 0 Å². The SMILES string of the molecule is CCCCOC[C@@H](COCCCCCCCCO[C@H]1CC[C@@]2(C)C(=CC[C@H]3[C@@H]4CC[C@H]([C@H](C)CCCC(C)C)[C@@]4(C)CC[C@@H]32)C1)N(C)C. The van der Waals surface area contributed by atoms with Crippen molar-refractivity contribution in [2.24, 2.45) is 46.3 Å². The van der Waals surface area contributed by atoms with Crippen LogP contribution in [0.4, 0.5) is 0 Å². The number of hydrogen-bond acceptors (Lipinski definition) is 4. The van der Waals surface area contributed by atoms with E-state index in [1.807, 2.05) is 0 Å². The molecule has 4 aliphatic rings. The zero-order valence-corrected chi connectivity index (χ0v) is 33.3. The number of unbranched alkanes of at least 4 members (excludes halogenated alkanes) is 6. The highest BCUT2D eigenvalue weighted by Crippen LogP contribution is 2.67. The minimum atomic E-state index is 0.354. The van der Waals surface area contributed by atoms with Gasteiger partial charge in [0.05, 0.1) is 25.4 Å². The predicted octanol–water partition coefficient (Wildman–Crippen LogP) is 11.5. The van der Waals surface area contributed by atoms with Gasteiger partial charge in [-0.15, -0.1) is 0 Å². The molecule has 0 N–H and O–H groups in total. The van der Waals surface area contributed by atoms with Gasteiger partial charge in [-0.2, -0.15) is 0 Å².